The van der Waals surface area contributed by atoms with E-state index in [9.17, 15) is 18.3 Å². The van der Waals surface area contributed by atoms with Gasteiger partial charge in [0, 0.05) is 31.9 Å². The third-order valence-electron chi connectivity index (χ3n) is 4.87. The second-order valence-corrected chi connectivity index (χ2v) is 7.61. The molecule has 2 unspecified atom stereocenters. The number of alkyl halides is 3. The summed E-state index contributed by atoms with van der Waals surface area (Å²) in [6, 6.07) is 5.44. The van der Waals surface area contributed by atoms with E-state index in [1.807, 2.05) is 13.8 Å². The fraction of sp³-hybridized carbons (Fsp3) is 0.524. The van der Waals surface area contributed by atoms with Crippen molar-refractivity contribution < 1.29 is 18.3 Å². The minimum atomic E-state index is -4.34. The van der Waals surface area contributed by atoms with Crippen molar-refractivity contribution in [2.45, 2.75) is 44.9 Å². The Kier molecular flexibility index (Phi) is 7.89. The highest BCUT2D eigenvalue weighted by Crippen LogP contribution is 2.31. The average molecular weight is 425 g/mol. The number of rotatable bonds is 8. The van der Waals surface area contributed by atoms with Crippen LogP contribution in [0.3, 0.4) is 0 Å². The van der Waals surface area contributed by atoms with Crippen LogP contribution in [-0.4, -0.2) is 40.5 Å². The summed E-state index contributed by atoms with van der Waals surface area (Å²) in [5.41, 5.74) is -0.481. The molecule has 2 atom stereocenters. The lowest BCUT2D eigenvalue weighted by atomic mass is 9.96. The molecule has 0 radical (unpaired) electrons. The van der Waals surface area contributed by atoms with Gasteiger partial charge < -0.3 is 15.7 Å². The highest BCUT2D eigenvalue weighted by molar-refractivity contribution is 5.79. The van der Waals surface area contributed by atoms with Crippen LogP contribution in [0.2, 0.25) is 0 Å². The summed E-state index contributed by atoms with van der Waals surface area (Å²) in [5.74, 6) is 0.485. The lowest BCUT2D eigenvalue weighted by Gasteiger charge is -2.21. The van der Waals surface area contributed by atoms with Crippen molar-refractivity contribution in [1.29, 1.82) is 0 Å². The average Bonchev–Trinajstić information content (AvgIpc) is 3.13. The fourth-order valence-electron chi connectivity index (χ4n) is 2.96. The number of benzene rings is 1. The highest BCUT2D eigenvalue weighted by Gasteiger charge is 2.30. The lowest BCUT2D eigenvalue weighted by Crippen LogP contribution is -2.39. The third kappa shape index (κ3) is 6.76. The minimum Gasteiger partial charge on any atom is -0.383 e. The molecular formula is C21H30F3N5O. The monoisotopic (exact) mass is 425 g/mol. The summed E-state index contributed by atoms with van der Waals surface area (Å²) in [6.07, 6.45) is -0.367. The molecule has 30 heavy (non-hydrogen) atoms. The zero-order chi connectivity index (χ0) is 22.4. The Labute approximate surface area is 175 Å². The van der Waals surface area contributed by atoms with Crippen LogP contribution in [0, 0.1) is 0 Å². The molecule has 0 aliphatic carbocycles. The molecule has 0 aliphatic heterocycles. The van der Waals surface area contributed by atoms with E-state index in [1.54, 1.807) is 37.1 Å². The second kappa shape index (κ2) is 9.97. The van der Waals surface area contributed by atoms with Crippen LogP contribution >= 0.6 is 0 Å². The molecule has 0 bridgehead atoms. The third-order valence-corrected chi connectivity index (χ3v) is 4.87. The number of nitrogens with zero attached hydrogens (tertiary/aromatic N) is 3. The number of aryl methyl sites for hydroxylation is 1. The van der Waals surface area contributed by atoms with E-state index in [0.717, 1.165) is 6.07 Å². The number of aromatic nitrogens is 2. The van der Waals surface area contributed by atoms with Gasteiger partial charge in [0.15, 0.2) is 5.96 Å². The van der Waals surface area contributed by atoms with Gasteiger partial charge in [0.1, 0.15) is 5.60 Å². The summed E-state index contributed by atoms with van der Waals surface area (Å²) in [5, 5.41) is 21.0. The summed E-state index contributed by atoms with van der Waals surface area (Å²) < 4.78 is 40.4. The van der Waals surface area contributed by atoms with Crippen LogP contribution in [0.4, 0.5) is 13.2 Å². The van der Waals surface area contributed by atoms with Gasteiger partial charge in [-0.3, -0.25) is 4.68 Å². The zero-order valence-corrected chi connectivity index (χ0v) is 17.8. The van der Waals surface area contributed by atoms with Crippen LogP contribution in [0.5, 0.6) is 0 Å². The van der Waals surface area contributed by atoms with Gasteiger partial charge in [0.05, 0.1) is 18.3 Å². The molecule has 0 fully saturated rings. The molecule has 9 heteroatoms. The van der Waals surface area contributed by atoms with Crippen molar-refractivity contribution in [3.63, 3.8) is 0 Å². The molecule has 166 valence electrons. The number of hydrogen-bond donors (Lipinski definition) is 3. The van der Waals surface area contributed by atoms with Gasteiger partial charge in [-0.15, -0.1) is 0 Å². The standard InChI is InChI=1S/C21H30F3N5O/c1-5-25-19(27-14-20(3,30)18-12-28-29(4)13-18)26-10-9-15(2)16-7-6-8-17(11-16)21(22,23)24/h6-8,11-13,15,30H,5,9-10,14H2,1-4H3,(H2,25,26,27). The Morgan fingerprint density at radius 2 is 2.00 bits per heavy atom. The summed E-state index contributed by atoms with van der Waals surface area (Å²) in [6.45, 7) is 6.81. The van der Waals surface area contributed by atoms with E-state index in [0.29, 0.717) is 36.6 Å². The minimum absolute atomic E-state index is 0.0545. The molecule has 0 saturated carbocycles. The Hall–Kier alpha value is -2.55. The number of aliphatic hydroxyl groups is 1. The van der Waals surface area contributed by atoms with Gasteiger partial charge in [-0.2, -0.15) is 18.3 Å². The van der Waals surface area contributed by atoms with Crippen molar-refractivity contribution in [1.82, 2.24) is 20.4 Å². The largest absolute Gasteiger partial charge is 0.416 e. The van der Waals surface area contributed by atoms with Crippen LogP contribution < -0.4 is 10.6 Å². The predicted octanol–water partition coefficient (Wildman–Crippen LogP) is 3.40. The first kappa shape index (κ1) is 23.7. The number of halogens is 3. The van der Waals surface area contributed by atoms with Crippen LogP contribution in [0.25, 0.3) is 0 Å². The Morgan fingerprint density at radius 3 is 2.60 bits per heavy atom. The van der Waals surface area contributed by atoms with Crippen LogP contribution in [0.15, 0.2) is 41.7 Å². The first-order valence-electron chi connectivity index (χ1n) is 9.93. The summed E-state index contributed by atoms with van der Waals surface area (Å²) >= 11 is 0. The van der Waals surface area contributed by atoms with E-state index in [1.165, 1.54) is 12.1 Å². The molecular weight excluding hydrogens is 395 g/mol. The van der Waals surface area contributed by atoms with Gasteiger partial charge in [-0.05, 0) is 37.8 Å². The Balaban J connectivity index is 1.95. The molecule has 0 amide bonds. The smallest absolute Gasteiger partial charge is 0.383 e. The van der Waals surface area contributed by atoms with Gasteiger partial charge in [0.25, 0.3) is 0 Å². The van der Waals surface area contributed by atoms with Crippen LogP contribution in [-0.2, 0) is 18.8 Å². The van der Waals surface area contributed by atoms with Gasteiger partial charge in [0.2, 0.25) is 0 Å². The van der Waals surface area contributed by atoms with E-state index in [4.69, 9.17) is 0 Å². The molecule has 1 aromatic heterocycles. The quantitative estimate of drug-likeness (QED) is 0.448. The van der Waals surface area contributed by atoms with Gasteiger partial charge in [-0.25, -0.2) is 4.99 Å². The number of aliphatic imine (C=N–C) groups is 1. The summed E-state index contributed by atoms with van der Waals surface area (Å²) in [4.78, 5) is 4.45. The Bertz CT molecular complexity index is 845. The molecule has 0 saturated heterocycles. The molecule has 0 spiro atoms. The van der Waals surface area contributed by atoms with E-state index >= 15 is 0 Å². The molecule has 2 aromatic rings. The topological polar surface area (TPSA) is 74.5 Å². The molecule has 6 nitrogen and oxygen atoms in total. The Morgan fingerprint density at radius 1 is 1.27 bits per heavy atom. The van der Waals surface area contributed by atoms with Crippen molar-refractivity contribution >= 4 is 5.96 Å². The number of hydrogen-bond acceptors (Lipinski definition) is 3. The summed E-state index contributed by atoms with van der Waals surface area (Å²) in [7, 11) is 1.78. The fourth-order valence-corrected chi connectivity index (χ4v) is 2.96. The first-order chi connectivity index (χ1) is 14.0. The van der Waals surface area contributed by atoms with Crippen molar-refractivity contribution in [3.8, 4) is 0 Å². The maximum atomic E-state index is 12.9. The van der Waals surface area contributed by atoms with Crippen LogP contribution in [0.1, 0.15) is 49.8 Å². The SMILES string of the molecule is CCNC(=NCC(C)(O)c1cnn(C)c1)NCCC(C)c1cccc(C(F)(F)F)c1. The lowest BCUT2D eigenvalue weighted by molar-refractivity contribution is -0.137. The maximum absolute atomic E-state index is 12.9. The van der Waals surface area contributed by atoms with Crippen molar-refractivity contribution in [3.05, 3.63) is 53.3 Å². The molecule has 2 rings (SSSR count). The van der Waals surface area contributed by atoms with Gasteiger partial charge >= 0.3 is 6.18 Å². The maximum Gasteiger partial charge on any atom is 0.416 e. The molecule has 1 aromatic carbocycles. The van der Waals surface area contributed by atoms with E-state index in [-0.39, 0.29) is 12.5 Å². The van der Waals surface area contributed by atoms with Crippen molar-refractivity contribution in [2.24, 2.45) is 12.0 Å². The van der Waals surface area contributed by atoms with E-state index < -0.39 is 17.3 Å². The second-order valence-electron chi connectivity index (χ2n) is 7.61. The van der Waals surface area contributed by atoms with E-state index in [2.05, 4.69) is 20.7 Å². The highest BCUT2D eigenvalue weighted by atomic mass is 19.4. The predicted molar refractivity (Wildman–Crippen MR) is 111 cm³/mol. The number of guanidine groups is 1. The normalized spacial score (nSPS) is 15.5. The van der Waals surface area contributed by atoms with Gasteiger partial charge in [-0.1, -0.05) is 25.1 Å². The molecule has 1 heterocycles. The zero-order valence-electron chi connectivity index (χ0n) is 17.8. The van der Waals surface area contributed by atoms with Crippen molar-refractivity contribution in [2.75, 3.05) is 19.6 Å². The first-order valence-corrected chi connectivity index (χ1v) is 9.93. The molecule has 0 aliphatic rings. The number of nitrogens with one attached hydrogen (secondary N) is 2. The molecule has 3 N–H and O–H groups in total.